The summed E-state index contributed by atoms with van der Waals surface area (Å²) in [5, 5.41) is 13.5. The summed E-state index contributed by atoms with van der Waals surface area (Å²) in [6, 6.07) is 17.7. The van der Waals surface area contributed by atoms with E-state index in [0.717, 1.165) is 61.5 Å². The molecule has 2 aromatic carbocycles. The Morgan fingerprint density at radius 3 is 2.48 bits per heavy atom. The van der Waals surface area contributed by atoms with Gasteiger partial charge >= 0.3 is 0 Å². The molecule has 0 radical (unpaired) electrons. The maximum atomic E-state index is 10.1. The SMILES string of the molecule is CCNC(=NCc1ncc(-c2ccccc2)[nH]1)N1CCN(c2ccccc2O)CC1.I. The summed E-state index contributed by atoms with van der Waals surface area (Å²) in [6.07, 6.45) is 1.86. The van der Waals surface area contributed by atoms with E-state index in [2.05, 4.69) is 44.1 Å². The van der Waals surface area contributed by atoms with Crippen molar-refractivity contribution in [3.63, 3.8) is 0 Å². The lowest BCUT2D eigenvalue weighted by Crippen LogP contribution is -2.52. The number of piperazine rings is 1. The average molecular weight is 532 g/mol. The number of phenols is 1. The zero-order valence-electron chi connectivity index (χ0n) is 17.7. The highest BCUT2D eigenvalue weighted by atomic mass is 127. The number of imidazole rings is 1. The van der Waals surface area contributed by atoms with E-state index in [1.54, 1.807) is 6.07 Å². The number of phenolic OH excluding ortho intramolecular Hbond substituents is 1. The first kappa shape index (κ1) is 22.9. The molecule has 0 bridgehead atoms. The molecular formula is C23H29IN6O. The van der Waals surface area contributed by atoms with E-state index in [0.29, 0.717) is 12.3 Å². The fourth-order valence-corrected chi connectivity index (χ4v) is 3.67. The number of guanidine groups is 1. The third-order valence-electron chi connectivity index (χ3n) is 5.23. The number of para-hydroxylation sites is 2. The Balaban J connectivity index is 0.00000272. The highest BCUT2D eigenvalue weighted by Crippen LogP contribution is 2.27. The van der Waals surface area contributed by atoms with Gasteiger partial charge in [-0.1, -0.05) is 42.5 Å². The molecule has 0 atom stereocenters. The van der Waals surface area contributed by atoms with Gasteiger partial charge in [0.1, 0.15) is 18.1 Å². The van der Waals surface area contributed by atoms with Gasteiger partial charge in [-0.05, 0) is 24.6 Å². The van der Waals surface area contributed by atoms with Crippen LogP contribution in [0.3, 0.4) is 0 Å². The number of aliphatic imine (C=N–C) groups is 1. The molecule has 0 aliphatic carbocycles. The molecule has 1 aliphatic rings. The Morgan fingerprint density at radius 1 is 1.06 bits per heavy atom. The van der Waals surface area contributed by atoms with E-state index in [1.165, 1.54) is 0 Å². The third-order valence-corrected chi connectivity index (χ3v) is 5.23. The second kappa shape index (κ2) is 11.0. The quantitative estimate of drug-likeness (QED) is 0.266. The highest BCUT2D eigenvalue weighted by Gasteiger charge is 2.21. The van der Waals surface area contributed by atoms with Crippen LogP contribution in [0.2, 0.25) is 0 Å². The van der Waals surface area contributed by atoms with Gasteiger partial charge in [0, 0.05) is 32.7 Å². The van der Waals surface area contributed by atoms with Crippen LogP contribution in [-0.2, 0) is 6.54 Å². The standard InChI is InChI=1S/C23H28N6O.HI/c1-2-24-23(26-17-22-25-16-19(27-22)18-8-4-3-5-9-18)29-14-12-28(13-15-29)20-10-6-7-11-21(20)30;/h3-11,16,30H,2,12-15,17H2,1H3,(H,24,26)(H,25,27);1H. The Labute approximate surface area is 200 Å². The van der Waals surface area contributed by atoms with E-state index in [9.17, 15) is 5.11 Å². The predicted octanol–water partition coefficient (Wildman–Crippen LogP) is 3.69. The fourth-order valence-electron chi connectivity index (χ4n) is 3.67. The first-order valence-corrected chi connectivity index (χ1v) is 10.4. The number of anilines is 1. The van der Waals surface area contributed by atoms with Crippen LogP contribution in [-0.4, -0.2) is 58.7 Å². The molecule has 7 nitrogen and oxygen atoms in total. The molecule has 4 rings (SSSR count). The maximum absolute atomic E-state index is 10.1. The molecule has 164 valence electrons. The molecule has 1 fully saturated rings. The minimum atomic E-state index is 0. The lowest BCUT2D eigenvalue weighted by atomic mass is 10.2. The van der Waals surface area contributed by atoms with Gasteiger partial charge in [0.25, 0.3) is 0 Å². The number of aromatic amines is 1. The van der Waals surface area contributed by atoms with Gasteiger partial charge in [0.05, 0.1) is 17.6 Å². The number of nitrogens with one attached hydrogen (secondary N) is 2. The summed E-state index contributed by atoms with van der Waals surface area (Å²) < 4.78 is 0. The van der Waals surface area contributed by atoms with E-state index in [-0.39, 0.29) is 24.0 Å². The number of hydrogen-bond donors (Lipinski definition) is 3. The summed E-state index contributed by atoms with van der Waals surface area (Å²) >= 11 is 0. The van der Waals surface area contributed by atoms with Crippen molar-refractivity contribution < 1.29 is 5.11 Å². The van der Waals surface area contributed by atoms with Crippen molar-refractivity contribution in [3.8, 4) is 17.0 Å². The Bertz CT molecular complexity index is 982. The summed E-state index contributed by atoms with van der Waals surface area (Å²) in [5.74, 6) is 2.07. The zero-order valence-corrected chi connectivity index (χ0v) is 20.0. The molecule has 1 saturated heterocycles. The van der Waals surface area contributed by atoms with E-state index >= 15 is 0 Å². The largest absolute Gasteiger partial charge is 0.506 e. The second-order valence-corrected chi connectivity index (χ2v) is 7.24. The lowest BCUT2D eigenvalue weighted by molar-refractivity contribution is 0.369. The smallest absolute Gasteiger partial charge is 0.194 e. The van der Waals surface area contributed by atoms with Crippen LogP contribution < -0.4 is 10.2 Å². The van der Waals surface area contributed by atoms with Gasteiger partial charge in [-0.15, -0.1) is 24.0 Å². The van der Waals surface area contributed by atoms with Crippen LogP contribution in [0.25, 0.3) is 11.3 Å². The summed E-state index contributed by atoms with van der Waals surface area (Å²) in [6.45, 7) is 6.73. The second-order valence-electron chi connectivity index (χ2n) is 7.24. The number of nitrogens with zero attached hydrogens (tertiary/aromatic N) is 4. The molecule has 1 aromatic heterocycles. The summed E-state index contributed by atoms with van der Waals surface area (Å²) in [5.41, 5.74) is 3.01. The van der Waals surface area contributed by atoms with Crippen LogP contribution >= 0.6 is 24.0 Å². The summed E-state index contributed by atoms with van der Waals surface area (Å²) in [4.78, 5) is 17.1. The Kier molecular flexibility index (Phi) is 8.16. The molecule has 0 unspecified atom stereocenters. The first-order chi connectivity index (χ1) is 14.7. The van der Waals surface area contributed by atoms with Gasteiger partial charge in [0.2, 0.25) is 0 Å². The van der Waals surface area contributed by atoms with Crippen molar-refractivity contribution in [2.75, 3.05) is 37.6 Å². The number of H-pyrrole nitrogens is 1. The molecule has 31 heavy (non-hydrogen) atoms. The van der Waals surface area contributed by atoms with Crippen molar-refractivity contribution in [2.24, 2.45) is 4.99 Å². The monoisotopic (exact) mass is 532 g/mol. The zero-order chi connectivity index (χ0) is 20.8. The molecule has 3 N–H and O–H groups in total. The minimum Gasteiger partial charge on any atom is -0.506 e. The van der Waals surface area contributed by atoms with E-state index in [4.69, 9.17) is 4.99 Å². The lowest BCUT2D eigenvalue weighted by Gasteiger charge is -2.37. The number of aromatic nitrogens is 2. The predicted molar refractivity (Wildman–Crippen MR) is 136 cm³/mol. The van der Waals surface area contributed by atoms with Crippen LogP contribution in [0.15, 0.2) is 65.8 Å². The van der Waals surface area contributed by atoms with Gasteiger partial charge < -0.3 is 25.2 Å². The molecule has 0 spiro atoms. The molecule has 3 aromatic rings. The molecule has 2 heterocycles. The Morgan fingerprint density at radius 2 is 1.77 bits per heavy atom. The number of hydrogen-bond acceptors (Lipinski definition) is 4. The molecular weight excluding hydrogens is 503 g/mol. The van der Waals surface area contributed by atoms with Crippen molar-refractivity contribution in [3.05, 3.63) is 66.6 Å². The number of aromatic hydroxyl groups is 1. The summed E-state index contributed by atoms with van der Waals surface area (Å²) in [7, 11) is 0. The van der Waals surface area contributed by atoms with Gasteiger partial charge in [-0.2, -0.15) is 0 Å². The van der Waals surface area contributed by atoms with Crippen LogP contribution in [0.4, 0.5) is 5.69 Å². The van der Waals surface area contributed by atoms with E-state index in [1.807, 2.05) is 42.6 Å². The maximum Gasteiger partial charge on any atom is 0.194 e. The van der Waals surface area contributed by atoms with Crippen LogP contribution in [0.5, 0.6) is 5.75 Å². The molecule has 0 saturated carbocycles. The number of rotatable bonds is 5. The Hall–Kier alpha value is -2.75. The molecule has 1 aliphatic heterocycles. The third kappa shape index (κ3) is 5.69. The highest BCUT2D eigenvalue weighted by molar-refractivity contribution is 14.0. The number of halogens is 1. The van der Waals surface area contributed by atoms with Crippen LogP contribution in [0, 0.1) is 0 Å². The van der Waals surface area contributed by atoms with Crippen molar-refractivity contribution in [1.82, 2.24) is 20.2 Å². The normalized spacial score (nSPS) is 14.3. The minimum absolute atomic E-state index is 0. The topological polar surface area (TPSA) is 79.8 Å². The molecule has 0 amide bonds. The average Bonchev–Trinajstić information content (AvgIpc) is 3.27. The fraction of sp³-hybridized carbons (Fsp3) is 0.304. The van der Waals surface area contributed by atoms with E-state index < -0.39 is 0 Å². The number of benzene rings is 2. The molecule has 8 heteroatoms. The van der Waals surface area contributed by atoms with Crippen molar-refractivity contribution in [2.45, 2.75) is 13.5 Å². The van der Waals surface area contributed by atoms with Crippen molar-refractivity contribution in [1.29, 1.82) is 0 Å². The van der Waals surface area contributed by atoms with Gasteiger partial charge in [-0.3, -0.25) is 0 Å². The van der Waals surface area contributed by atoms with Crippen molar-refractivity contribution >= 4 is 35.6 Å². The van der Waals surface area contributed by atoms with Gasteiger partial charge in [0.15, 0.2) is 5.96 Å². The van der Waals surface area contributed by atoms with Crippen LogP contribution in [0.1, 0.15) is 12.7 Å². The van der Waals surface area contributed by atoms with Gasteiger partial charge in [-0.25, -0.2) is 9.98 Å². The first-order valence-electron chi connectivity index (χ1n) is 10.4.